The van der Waals surface area contributed by atoms with Crippen LogP contribution >= 0.6 is 0 Å². The van der Waals surface area contributed by atoms with Crippen molar-refractivity contribution in [2.45, 2.75) is 25.3 Å². The van der Waals surface area contributed by atoms with Crippen molar-refractivity contribution in [3.63, 3.8) is 0 Å². The fourth-order valence-corrected chi connectivity index (χ4v) is 3.27. The zero-order chi connectivity index (χ0) is 20.9. The van der Waals surface area contributed by atoms with Crippen molar-refractivity contribution < 1.29 is 14.3 Å². The minimum atomic E-state index is -0.0428. The Labute approximate surface area is 175 Å². The van der Waals surface area contributed by atoms with E-state index >= 15 is 0 Å². The molecule has 0 spiro atoms. The third kappa shape index (κ3) is 4.35. The van der Waals surface area contributed by atoms with E-state index in [1.54, 1.807) is 20.3 Å². The van der Waals surface area contributed by atoms with Gasteiger partial charge >= 0.3 is 0 Å². The third-order valence-electron chi connectivity index (χ3n) is 5.19. The van der Waals surface area contributed by atoms with E-state index in [1.807, 2.05) is 42.5 Å². The van der Waals surface area contributed by atoms with Crippen LogP contribution in [-0.4, -0.2) is 36.1 Å². The number of hydrogen-bond acceptors (Lipinski definition) is 6. The molecular formula is C23H24N4O3. The molecule has 1 heterocycles. The molecule has 4 rings (SSSR count). The highest BCUT2D eigenvalue weighted by Crippen LogP contribution is 2.34. The first-order valence-corrected chi connectivity index (χ1v) is 9.88. The number of benzene rings is 2. The number of rotatable bonds is 7. The lowest BCUT2D eigenvalue weighted by Gasteiger charge is -2.25. The normalized spacial score (nSPS) is 13.8. The lowest BCUT2D eigenvalue weighted by atomic mass is 9.93. The van der Waals surface area contributed by atoms with E-state index in [-0.39, 0.29) is 5.91 Å². The average Bonchev–Trinajstić information content (AvgIpc) is 2.75. The second kappa shape index (κ2) is 8.82. The number of ether oxygens (including phenoxy) is 2. The van der Waals surface area contributed by atoms with Crippen LogP contribution in [0.4, 0.5) is 11.5 Å². The maximum Gasteiger partial charge on any atom is 0.244 e. The Morgan fingerprint density at radius 1 is 1.07 bits per heavy atom. The molecule has 1 amide bonds. The molecule has 3 aromatic rings. The van der Waals surface area contributed by atoms with Gasteiger partial charge in [-0.2, -0.15) is 0 Å². The summed E-state index contributed by atoms with van der Waals surface area (Å²) < 4.78 is 10.7. The van der Waals surface area contributed by atoms with Crippen molar-refractivity contribution in [3.8, 4) is 11.5 Å². The number of fused-ring (bicyclic) bond motifs is 1. The van der Waals surface area contributed by atoms with Crippen LogP contribution in [0.1, 0.15) is 24.8 Å². The summed E-state index contributed by atoms with van der Waals surface area (Å²) in [6, 6.07) is 11.8. The highest BCUT2D eigenvalue weighted by atomic mass is 16.5. The number of nitrogens with zero attached hydrogens (tertiary/aromatic N) is 2. The number of amides is 1. The van der Waals surface area contributed by atoms with Crippen LogP contribution in [0.25, 0.3) is 17.0 Å². The maximum atomic E-state index is 11.9. The van der Waals surface area contributed by atoms with E-state index in [0.29, 0.717) is 23.4 Å². The first-order valence-electron chi connectivity index (χ1n) is 9.88. The van der Waals surface area contributed by atoms with Gasteiger partial charge in [0.15, 0.2) is 11.5 Å². The highest BCUT2D eigenvalue weighted by Gasteiger charge is 2.18. The van der Waals surface area contributed by atoms with E-state index in [9.17, 15) is 4.79 Å². The van der Waals surface area contributed by atoms with Crippen LogP contribution in [0.15, 0.2) is 48.8 Å². The number of anilines is 2. The van der Waals surface area contributed by atoms with Crippen LogP contribution in [0.5, 0.6) is 11.5 Å². The van der Waals surface area contributed by atoms with E-state index in [4.69, 9.17) is 9.47 Å². The maximum absolute atomic E-state index is 11.9. The number of hydrogen-bond donors (Lipinski definition) is 2. The van der Waals surface area contributed by atoms with Crippen LogP contribution in [0.3, 0.4) is 0 Å². The van der Waals surface area contributed by atoms with Crippen molar-refractivity contribution in [1.29, 1.82) is 0 Å². The second-order valence-corrected chi connectivity index (χ2v) is 7.16. The molecule has 1 fully saturated rings. The van der Waals surface area contributed by atoms with Gasteiger partial charge in [-0.3, -0.25) is 4.79 Å². The largest absolute Gasteiger partial charge is 0.493 e. The highest BCUT2D eigenvalue weighted by molar-refractivity contribution is 5.93. The molecule has 0 aliphatic heterocycles. The van der Waals surface area contributed by atoms with Gasteiger partial charge in [0.05, 0.1) is 19.7 Å². The number of methoxy groups -OCH3 is 2. The van der Waals surface area contributed by atoms with E-state index in [2.05, 4.69) is 20.6 Å². The average molecular weight is 404 g/mol. The van der Waals surface area contributed by atoms with E-state index < -0.39 is 0 Å². The van der Waals surface area contributed by atoms with Crippen molar-refractivity contribution >= 4 is 34.4 Å². The number of nitrogens with one attached hydrogen (secondary N) is 2. The molecule has 7 heteroatoms. The summed E-state index contributed by atoms with van der Waals surface area (Å²) in [4.78, 5) is 20.6. The van der Waals surface area contributed by atoms with E-state index in [1.165, 1.54) is 12.7 Å². The van der Waals surface area contributed by atoms with Crippen LogP contribution in [0.2, 0.25) is 0 Å². The fraction of sp³-hybridized carbons (Fsp3) is 0.261. The molecule has 2 N–H and O–H groups in total. The van der Waals surface area contributed by atoms with Crippen molar-refractivity contribution in [2.75, 3.05) is 19.5 Å². The van der Waals surface area contributed by atoms with Crippen molar-refractivity contribution in [3.05, 3.63) is 54.4 Å². The molecule has 0 atom stereocenters. The summed E-state index contributed by atoms with van der Waals surface area (Å²) in [7, 11) is 3.19. The monoisotopic (exact) mass is 404 g/mol. The molecule has 154 valence electrons. The summed E-state index contributed by atoms with van der Waals surface area (Å²) in [6.45, 7) is 0. The Kier molecular flexibility index (Phi) is 5.79. The van der Waals surface area contributed by atoms with Gasteiger partial charge in [-0.1, -0.05) is 12.1 Å². The first-order chi connectivity index (χ1) is 14.7. The lowest BCUT2D eigenvalue weighted by molar-refractivity contribution is -0.117. The molecule has 7 nitrogen and oxygen atoms in total. The molecule has 1 saturated carbocycles. The Balaban J connectivity index is 1.49. The minimum absolute atomic E-state index is 0.0428. The molecule has 30 heavy (non-hydrogen) atoms. The molecule has 0 bridgehead atoms. The third-order valence-corrected chi connectivity index (χ3v) is 5.19. The van der Waals surface area contributed by atoms with Crippen LogP contribution in [0, 0.1) is 0 Å². The van der Waals surface area contributed by atoms with Gasteiger partial charge in [0, 0.05) is 29.3 Å². The number of aromatic nitrogens is 2. The molecule has 1 aliphatic carbocycles. The quantitative estimate of drug-likeness (QED) is 0.578. The van der Waals surface area contributed by atoms with Gasteiger partial charge in [-0.25, -0.2) is 9.97 Å². The standard InChI is InChI=1S/C23H24N4O3/c1-29-20-12-18-19(13-21(20)30-2)24-14-25-23(18)27-17-9-6-15(7-10-17)8-11-22(28)26-16-4-3-5-16/h6-14,16H,3-5H2,1-2H3,(H,26,28)(H,24,25,27). The zero-order valence-corrected chi connectivity index (χ0v) is 17.0. The van der Waals surface area contributed by atoms with Gasteiger partial charge < -0.3 is 20.1 Å². The first kappa shape index (κ1) is 19.7. The molecular weight excluding hydrogens is 380 g/mol. The Bertz CT molecular complexity index is 1080. The minimum Gasteiger partial charge on any atom is -0.493 e. The van der Waals surface area contributed by atoms with Crippen LogP contribution < -0.4 is 20.1 Å². The van der Waals surface area contributed by atoms with Gasteiger partial charge in [0.1, 0.15) is 12.1 Å². The SMILES string of the molecule is COc1cc2ncnc(Nc3ccc(C=CC(=O)NC4CCC4)cc3)c2cc1OC. The number of carbonyl (C=O) groups is 1. The predicted octanol–water partition coefficient (Wildman–Crippen LogP) is 4.07. The second-order valence-electron chi connectivity index (χ2n) is 7.16. The van der Waals surface area contributed by atoms with E-state index in [0.717, 1.165) is 35.0 Å². The molecule has 2 aromatic carbocycles. The molecule has 1 aliphatic rings. The van der Waals surface area contributed by atoms with Gasteiger partial charge in [-0.05, 0) is 49.1 Å². The predicted molar refractivity (Wildman–Crippen MR) is 117 cm³/mol. The Hall–Kier alpha value is -3.61. The van der Waals surface area contributed by atoms with Gasteiger partial charge in [0.2, 0.25) is 5.91 Å². The van der Waals surface area contributed by atoms with Gasteiger partial charge in [-0.15, -0.1) is 0 Å². The lowest BCUT2D eigenvalue weighted by Crippen LogP contribution is -2.38. The zero-order valence-electron chi connectivity index (χ0n) is 17.0. The summed E-state index contributed by atoms with van der Waals surface area (Å²) in [6.07, 6.45) is 8.26. The summed E-state index contributed by atoms with van der Waals surface area (Å²) in [5.41, 5.74) is 2.58. The fourth-order valence-electron chi connectivity index (χ4n) is 3.27. The topological polar surface area (TPSA) is 85.4 Å². The van der Waals surface area contributed by atoms with Crippen LogP contribution in [-0.2, 0) is 4.79 Å². The van der Waals surface area contributed by atoms with Crippen molar-refractivity contribution in [2.24, 2.45) is 0 Å². The van der Waals surface area contributed by atoms with Gasteiger partial charge in [0.25, 0.3) is 0 Å². The molecule has 1 aromatic heterocycles. The number of carbonyl (C=O) groups excluding carboxylic acids is 1. The summed E-state index contributed by atoms with van der Waals surface area (Å²) in [5.74, 6) is 1.86. The summed E-state index contributed by atoms with van der Waals surface area (Å²) >= 11 is 0. The Morgan fingerprint density at radius 3 is 2.47 bits per heavy atom. The summed E-state index contributed by atoms with van der Waals surface area (Å²) in [5, 5.41) is 7.14. The molecule has 0 radical (unpaired) electrons. The molecule has 0 unspecified atom stereocenters. The Morgan fingerprint density at radius 2 is 1.80 bits per heavy atom. The molecule has 0 saturated heterocycles. The van der Waals surface area contributed by atoms with Crippen molar-refractivity contribution in [1.82, 2.24) is 15.3 Å². The smallest absolute Gasteiger partial charge is 0.244 e.